The molecule has 1 aliphatic heterocycles. The molecule has 120 valence electrons. The number of hydrogen-bond acceptors (Lipinski definition) is 4. The molecule has 2 aromatic rings. The van der Waals surface area contributed by atoms with E-state index in [1.165, 1.54) is 6.08 Å². The van der Waals surface area contributed by atoms with Crippen molar-refractivity contribution in [3.63, 3.8) is 0 Å². The number of benzene rings is 1. The molecule has 23 heavy (non-hydrogen) atoms. The van der Waals surface area contributed by atoms with Crippen LogP contribution in [0.15, 0.2) is 41.8 Å². The summed E-state index contributed by atoms with van der Waals surface area (Å²) in [7, 11) is -3.18. The van der Waals surface area contributed by atoms with E-state index in [1.807, 2.05) is 36.7 Å². The maximum atomic E-state index is 12.2. The van der Waals surface area contributed by atoms with Crippen LogP contribution in [0, 0.1) is 13.8 Å². The molecular formula is C16H17N3O3S. The van der Waals surface area contributed by atoms with Crippen LogP contribution in [0.4, 0.5) is 0 Å². The molecule has 1 aliphatic rings. The van der Waals surface area contributed by atoms with Crippen molar-refractivity contribution in [2.45, 2.75) is 19.9 Å². The van der Waals surface area contributed by atoms with Crippen molar-refractivity contribution in [2.75, 3.05) is 5.75 Å². The summed E-state index contributed by atoms with van der Waals surface area (Å²) in [5.41, 5.74) is 3.29. The fourth-order valence-corrected chi connectivity index (χ4v) is 3.80. The maximum Gasteiger partial charge on any atom is 0.251 e. The summed E-state index contributed by atoms with van der Waals surface area (Å²) in [6.07, 6.45) is 1.50. The quantitative estimate of drug-likeness (QED) is 0.925. The maximum absolute atomic E-state index is 12.2. The van der Waals surface area contributed by atoms with E-state index in [0.29, 0.717) is 5.56 Å². The number of nitrogens with one attached hydrogen (secondary N) is 1. The molecule has 2 heterocycles. The SMILES string of the molecule is Cc1cc(C)n(-c2ccc(C(=O)N[C@@H]3C=CS(=O)(=O)C3)cc2)n1. The van der Waals surface area contributed by atoms with E-state index in [-0.39, 0.29) is 11.7 Å². The molecule has 0 bridgehead atoms. The second-order valence-corrected chi connectivity index (χ2v) is 7.56. The molecule has 1 aromatic carbocycles. The lowest BCUT2D eigenvalue weighted by Gasteiger charge is -2.10. The van der Waals surface area contributed by atoms with E-state index in [1.54, 1.807) is 12.1 Å². The number of sulfone groups is 1. The molecule has 0 fully saturated rings. The Morgan fingerprint density at radius 3 is 2.48 bits per heavy atom. The highest BCUT2D eigenvalue weighted by atomic mass is 32.2. The number of aryl methyl sites for hydroxylation is 2. The largest absolute Gasteiger partial charge is 0.345 e. The third-order valence-electron chi connectivity index (χ3n) is 3.63. The normalized spacial score (nSPS) is 19.0. The Hall–Kier alpha value is -2.41. The van der Waals surface area contributed by atoms with E-state index in [2.05, 4.69) is 10.4 Å². The van der Waals surface area contributed by atoms with Gasteiger partial charge in [-0.05, 0) is 50.3 Å². The molecule has 3 rings (SSSR count). The molecule has 0 unspecified atom stereocenters. The van der Waals surface area contributed by atoms with Crippen molar-refractivity contribution in [3.8, 4) is 5.69 Å². The van der Waals surface area contributed by atoms with Crippen molar-refractivity contribution in [3.05, 3.63) is 58.8 Å². The van der Waals surface area contributed by atoms with Crippen molar-refractivity contribution in [1.29, 1.82) is 0 Å². The van der Waals surface area contributed by atoms with Gasteiger partial charge in [0.05, 0.1) is 23.2 Å². The average Bonchev–Trinajstić information content (AvgIpc) is 3.00. The number of aromatic nitrogens is 2. The first kappa shape index (κ1) is 15.5. The predicted molar refractivity (Wildman–Crippen MR) is 87.2 cm³/mol. The van der Waals surface area contributed by atoms with Gasteiger partial charge in [-0.25, -0.2) is 13.1 Å². The third-order valence-corrected chi connectivity index (χ3v) is 5.03. The number of carbonyl (C=O) groups excluding carboxylic acids is 1. The van der Waals surface area contributed by atoms with Gasteiger partial charge in [0, 0.05) is 16.7 Å². The number of amides is 1. The summed E-state index contributed by atoms with van der Waals surface area (Å²) in [6.45, 7) is 3.89. The minimum absolute atomic E-state index is 0.0808. The Bertz CT molecular complexity index is 880. The Morgan fingerprint density at radius 2 is 1.96 bits per heavy atom. The molecule has 1 amide bonds. The van der Waals surface area contributed by atoms with Crippen LogP contribution < -0.4 is 5.32 Å². The lowest BCUT2D eigenvalue weighted by molar-refractivity contribution is 0.0947. The van der Waals surface area contributed by atoms with E-state index >= 15 is 0 Å². The first-order valence-electron chi connectivity index (χ1n) is 7.19. The van der Waals surface area contributed by atoms with Gasteiger partial charge in [-0.2, -0.15) is 5.10 Å². The van der Waals surface area contributed by atoms with E-state index in [4.69, 9.17) is 0 Å². The first-order chi connectivity index (χ1) is 10.8. The molecule has 1 aromatic heterocycles. The minimum atomic E-state index is -3.18. The van der Waals surface area contributed by atoms with Crippen molar-refractivity contribution in [2.24, 2.45) is 0 Å². The Labute approximate surface area is 134 Å². The summed E-state index contributed by atoms with van der Waals surface area (Å²) < 4.78 is 24.5. The molecular weight excluding hydrogens is 314 g/mol. The molecule has 1 atom stereocenters. The van der Waals surface area contributed by atoms with Gasteiger partial charge in [0.2, 0.25) is 0 Å². The molecule has 0 saturated heterocycles. The number of hydrogen-bond donors (Lipinski definition) is 1. The Morgan fingerprint density at radius 1 is 1.26 bits per heavy atom. The third kappa shape index (κ3) is 3.34. The molecule has 0 spiro atoms. The average molecular weight is 331 g/mol. The topological polar surface area (TPSA) is 81.1 Å². The molecule has 0 aliphatic carbocycles. The van der Waals surface area contributed by atoms with Crippen LogP contribution >= 0.6 is 0 Å². The monoisotopic (exact) mass is 331 g/mol. The Kier molecular flexibility index (Phi) is 3.81. The number of rotatable bonds is 3. The standard InChI is InChI=1S/C16H17N3O3S/c1-11-9-12(2)19(18-11)15-5-3-13(4-6-15)16(20)17-14-7-8-23(21,22)10-14/h3-9,14H,10H2,1-2H3,(H,17,20)/t14-/m1/s1. The summed E-state index contributed by atoms with van der Waals surface area (Å²) in [5, 5.41) is 8.24. The van der Waals surface area contributed by atoms with Crippen molar-refractivity contribution < 1.29 is 13.2 Å². The Balaban J connectivity index is 1.73. The zero-order valence-corrected chi connectivity index (χ0v) is 13.7. The van der Waals surface area contributed by atoms with Crippen LogP contribution in [0.3, 0.4) is 0 Å². The smallest absolute Gasteiger partial charge is 0.251 e. The fraction of sp³-hybridized carbons (Fsp3) is 0.250. The molecule has 0 saturated carbocycles. The molecule has 7 heteroatoms. The lowest BCUT2D eigenvalue weighted by atomic mass is 10.2. The second-order valence-electron chi connectivity index (χ2n) is 5.62. The lowest BCUT2D eigenvalue weighted by Crippen LogP contribution is -2.35. The van der Waals surface area contributed by atoms with Crippen LogP contribution in [0.25, 0.3) is 5.69 Å². The van der Waals surface area contributed by atoms with E-state index in [9.17, 15) is 13.2 Å². The molecule has 1 N–H and O–H groups in total. The summed E-state index contributed by atoms with van der Waals surface area (Å²) >= 11 is 0. The minimum Gasteiger partial charge on any atom is -0.345 e. The van der Waals surface area contributed by atoms with Crippen LogP contribution in [-0.4, -0.2) is 35.9 Å². The van der Waals surface area contributed by atoms with Gasteiger partial charge in [0.25, 0.3) is 5.91 Å². The van der Waals surface area contributed by atoms with Crippen LogP contribution in [0.5, 0.6) is 0 Å². The van der Waals surface area contributed by atoms with E-state index < -0.39 is 15.9 Å². The summed E-state index contributed by atoms with van der Waals surface area (Å²) in [4.78, 5) is 12.2. The first-order valence-corrected chi connectivity index (χ1v) is 8.91. The van der Waals surface area contributed by atoms with Gasteiger partial charge in [-0.1, -0.05) is 0 Å². The fourth-order valence-electron chi connectivity index (χ4n) is 2.56. The summed E-state index contributed by atoms with van der Waals surface area (Å²) in [5.74, 6) is -0.376. The van der Waals surface area contributed by atoms with Crippen molar-refractivity contribution in [1.82, 2.24) is 15.1 Å². The summed E-state index contributed by atoms with van der Waals surface area (Å²) in [6, 6.07) is 8.55. The number of carbonyl (C=O) groups is 1. The van der Waals surface area contributed by atoms with Gasteiger partial charge >= 0.3 is 0 Å². The zero-order chi connectivity index (χ0) is 16.6. The van der Waals surface area contributed by atoms with Crippen molar-refractivity contribution >= 4 is 15.7 Å². The van der Waals surface area contributed by atoms with Gasteiger partial charge in [-0.15, -0.1) is 0 Å². The van der Waals surface area contributed by atoms with Gasteiger partial charge < -0.3 is 5.32 Å². The van der Waals surface area contributed by atoms with Crippen LogP contribution in [-0.2, 0) is 9.84 Å². The van der Waals surface area contributed by atoms with Gasteiger partial charge in [-0.3, -0.25) is 4.79 Å². The predicted octanol–water partition coefficient (Wildman–Crippen LogP) is 1.53. The highest BCUT2D eigenvalue weighted by Crippen LogP contribution is 2.14. The van der Waals surface area contributed by atoms with Gasteiger partial charge in [0.15, 0.2) is 9.84 Å². The zero-order valence-electron chi connectivity index (χ0n) is 12.9. The highest BCUT2D eigenvalue weighted by Gasteiger charge is 2.23. The van der Waals surface area contributed by atoms with E-state index in [0.717, 1.165) is 22.5 Å². The second kappa shape index (κ2) is 5.66. The van der Waals surface area contributed by atoms with Crippen LogP contribution in [0.1, 0.15) is 21.7 Å². The number of nitrogens with zero attached hydrogens (tertiary/aromatic N) is 2. The molecule has 6 nitrogen and oxygen atoms in total. The van der Waals surface area contributed by atoms with Crippen LogP contribution in [0.2, 0.25) is 0 Å². The van der Waals surface area contributed by atoms with Gasteiger partial charge in [0.1, 0.15) is 0 Å². The highest BCUT2D eigenvalue weighted by molar-refractivity contribution is 7.94. The molecule has 0 radical (unpaired) electrons.